The van der Waals surface area contributed by atoms with Crippen LogP contribution in [0, 0.1) is 6.20 Å². The second kappa shape index (κ2) is 4.88. The zero-order chi connectivity index (χ0) is 9.97. The van der Waals surface area contributed by atoms with Crippen molar-refractivity contribution in [1.82, 2.24) is 15.4 Å². The molecule has 0 bridgehead atoms. The predicted octanol–water partition coefficient (Wildman–Crippen LogP) is 0.968. The van der Waals surface area contributed by atoms with E-state index in [9.17, 15) is 4.79 Å². The molecule has 2 N–H and O–H groups in total. The molecule has 0 spiro atoms. The maximum Gasteiger partial charge on any atom is 1.00 e. The van der Waals surface area contributed by atoms with Crippen LogP contribution in [-0.4, -0.2) is 26.5 Å². The summed E-state index contributed by atoms with van der Waals surface area (Å²) in [5, 5.41) is 18.4. The number of carboxylic acid groups (broad SMARTS) is 1. The molecule has 1 aromatic carbocycles. The molecule has 0 saturated carbocycles. The number of nitrogens with one attached hydrogen (secondary N) is 1. The molecule has 5 nitrogen and oxygen atoms in total. The first kappa shape index (κ1) is 11.6. The van der Waals surface area contributed by atoms with Gasteiger partial charge in [0.15, 0.2) is 0 Å². The molecule has 0 saturated heterocycles. The Bertz CT molecular complexity index is 456. The summed E-state index contributed by atoms with van der Waals surface area (Å²) in [7, 11) is 0. The number of aromatic nitrogens is 3. The Balaban J connectivity index is 0.00000112. The van der Waals surface area contributed by atoms with E-state index in [1.807, 2.05) is 0 Å². The second-order valence-corrected chi connectivity index (χ2v) is 2.68. The molecule has 15 heavy (non-hydrogen) atoms. The van der Waals surface area contributed by atoms with Crippen molar-refractivity contribution < 1.29 is 32.3 Å². The molecule has 80 valence electrons. The Morgan fingerprint density at radius 3 is 2.87 bits per heavy atom. The van der Waals surface area contributed by atoms with Crippen molar-refractivity contribution in [2.45, 2.75) is 0 Å². The first-order chi connectivity index (χ1) is 6.77. The van der Waals surface area contributed by atoms with Crippen LogP contribution in [0.2, 0.25) is 0 Å². The maximum atomic E-state index is 10.7. The van der Waals surface area contributed by atoms with E-state index in [2.05, 4.69) is 21.6 Å². The van der Waals surface area contributed by atoms with Gasteiger partial charge in [-0.05, 0) is 0 Å². The third kappa shape index (κ3) is 2.53. The number of H-pyrrole nitrogens is 1. The van der Waals surface area contributed by atoms with E-state index >= 15 is 0 Å². The van der Waals surface area contributed by atoms with Gasteiger partial charge < -0.3 is 5.11 Å². The molecule has 6 heteroatoms. The average Bonchev–Trinajstić information content (AvgIpc) is 2.71. The first-order valence-corrected chi connectivity index (χ1v) is 3.90. The minimum Gasteiger partial charge on any atom is -0.478 e. The standard InChI is InChI=1S/C9H6N3O2.Au/c13-9(14)7-3-1-2-6(4-7)8-5-10-12-11-8;/h1-4H,(H,13,14)(H,10,11,12);/q-1;+1. The molecule has 1 heterocycles. The van der Waals surface area contributed by atoms with E-state index in [4.69, 9.17) is 5.11 Å². The molecule has 0 unspecified atom stereocenters. The fourth-order valence-corrected chi connectivity index (χ4v) is 1.11. The normalized spacial score (nSPS) is 9.33. The quantitative estimate of drug-likeness (QED) is 0.597. The van der Waals surface area contributed by atoms with Crippen molar-refractivity contribution in [3.05, 3.63) is 36.0 Å². The van der Waals surface area contributed by atoms with Gasteiger partial charge >= 0.3 is 28.3 Å². The van der Waals surface area contributed by atoms with Crippen LogP contribution in [0.1, 0.15) is 10.4 Å². The molecule has 0 amide bonds. The van der Waals surface area contributed by atoms with Gasteiger partial charge in [-0.3, -0.25) is 5.10 Å². The number of hydrogen-bond acceptors (Lipinski definition) is 3. The largest absolute Gasteiger partial charge is 1.00 e. The monoisotopic (exact) mass is 385 g/mol. The fourth-order valence-electron chi connectivity index (χ4n) is 1.11. The van der Waals surface area contributed by atoms with Crippen LogP contribution in [0.4, 0.5) is 0 Å². The number of hydrogen-bond donors (Lipinski definition) is 2. The minimum absolute atomic E-state index is 0. The molecule has 2 aromatic rings. The molecule has 0 aliphatic rings. The van der Waals surface area contributed by atoms with Crippen molar-refractivity contribution in [3.63, 3.8) is 0 Å². The summed E-state index contributed by atoms with van der Waals surface area (Å²) in [6.07, 6.45) is 2.61. The van der Waals surface area contributed by atoms with E-state index < -0.39 is 5.97 Å². The zero-order valence-electron chi connectivity index (χ0n) is 7.36. The van der Waals surface area contributed by atoms with Crippen LogP contribution in [0.3, 0.4) is 0 Å². The number of aromatic amines is 1. The Morgan fingerprint density at radius 1 is 1.47 bits per heavy atom. The van der Waals surface area contributed by atoms with Crippen LogP contribution < -0.4 is 0 Å². The molecule has 2 rings (SSSR count). The van der Waals surface area contributed by atoms with Gasteiger partial charge in [-0.25, -0.2) is 9.89 Å². The number of benzene rings is 1. The number of carboxylic acids is 1. The van der Waals surface area contributed by atoms with Crippen molar-refractivity contribution in [2.75, 3.05) is 0 Å². The first-order valence-electron chi connectivity index (χ1n) is 3.90. The molecular formula is C9H6AuN3O2. The zero-order valence-corrected chi connectivity index (χ0v) is 9.53. The van der Waals surface area contributed by atoms with E-state index in [-0.39, 0.29) is 27.9 Å². The number of carbonyl (C=O) groups is 1. The smallest absolute Gasteiger partial charge is 0.478 e. The van der Waals surface area contributed by atoms with E-state index in [0.29, 0.717) is 11.3 Å². The average molecular weight is 385 g/mol. The Hall–Kier alpha value is -1.43. The molecular weight excluding hydrogens is 379 g/mol. The van der Waals surface area contributed by atoms with Gasteiger partial charge in [0.2, 0.25) is 0 Å². The van der Waals surface area contributed by atoms with Crippen molar-refractivity contribution in [2.24, 2.45) is 0 Å². The number of aromatic carboxylic acids is 1. The minimum atomic E-state index is -0.959. The van der Waals surface area contributed by atoms with Gasteiger partial charge in [0.05, 0.1) is 0 Å². The molecule has 1 aromatic heterocycles. The molecule has 0 atom stereocenters. The summed E-state index contributed by atoms with van der Waals surface area (Å²) in [4.78, 5) is 10.7. The van der Waals surface area contributed by atoms with E-state index in [1.165, 1.54) is 12.1 Å². The molecule has 0 fully saturated rings. The topological polar surface area (TPSA) is 78.9 Å². The van der Waals surface area contributed by atoms with Gasteiger partial charge in [0.25, 0.3) is 0 Å². The van der Waals surface area contributed by atoms with Crippen molar-refractivity contribution in [3.8, 4) is 11.3 Å². The van der Waals surface area contributed by atoms with Gasteiger partial charge in [0.1, 0.15) is 0 Å². The Labute approximate surface area is 101 Å². The molecule has 0 aliphatic carbocycles. The van der Waals surface area contributed by atoms with Gasteiger partial charge in [-0.15, -0.1) is 17.7 Å². The van der Waals surface area contributed by atoms with Crippen LogP contribution in [0.25, 0.3) is 11.3 Å². The van der Waals surface area contributed by atoms with Crippen LogP contribution in [0.5, 0.6) is 0 Å². The Morgan fingerprint density at radius 2 is 2.27 bits per heavy atom. The van der Waals surface area contributed by atoms with Crippen molar-refractivity contribution >= 4 is 5.97 Å². The van der Waals surface area contributed by atoms with E-state index in [1.54, 1.807) is 12.1 Å². The summed E-state index contributed by atoms with van der Waals surface area (Å²) in [6, 6.07) is 6.48. The van der Waals surface area contributed by atoms with Gasteiger partial charge in [-0.2, -0.15) is 0 Å². The number of nitrogens with zero attached hydrogens (tertiary/aromatic N) is 2. The van der Waals surface area contributed by atoms with Crippen LogP contribution in [0.15, 0.2) is 24.3 Å². The van der Waals surface area contributed by atoms with Crippen LogP contribution in [-0.2, 0) is 22.4 Å². The summed E-state index contributed by atoms with van der Waals surface area (Å²) < 4.78 is 0. The predicted molar refractivity (Wildman–Crippen MR) is 47.6 cm³/mol. The van der Waals surface area contributed by atoms with E-state index in [0.717, 1.165) is 0 Å². The SMILES string of the molecule is O=C(O)c1cccc(-c2[c-]nn[nH]2)c1.[Au+]. The number of rotatable bonds is 2. The second-order valence-electron chi connectivity index (χ2n) is 2.68. The fraction of sp³-hybridized carbons (Fsp3) is 0. The Kier molecular flexibility index (Phi) is 3.79. The molecule has 0 radical (unpaired) electrons. The summed E-state index contributed by atoms with van der Waals surface area (Å²) in [5.74, 6) is -0.959. The molecule has 0 aliphatic heterocycles. The third-order valence-corrected chi connectivity index (χ3v) is 1.77. The summed E-state index contributed by atoms with van der Waals surface area (Å²) in [5.41, 5.74) is 1.51. The van der Waals surface area contributed by atoms with Gasteiger partial charge in [-0.1, -0.05) is 29.2 Å². The van der Waals surface area contributed by atoms with Crippen molar-refractivity contribution in [1.29, 1.82) is 0 Å². The van der Waals surface area contributed by atoms with Crippen LogP contribution >= 0.6 is 0 Å². The maximum absolute atomic E-state index is 10.7. The third-order valence-electron chi connectivity index (χ3n) is 1.77. The summed E-state index contributed by atoms with van der Waals surface area (Å²) in [6.45, 7) is 0. The van der Waals surface area contributed by atoms with Gasteiger partial charge in [0, 0.05) is 5.56 Å². The summed E-state index contributed by atoms with van der Waals surface area (Å²) >= 11 is 0.